The molecule has 0 saturated carbocycles. The summed E-state index contributed by atoms with van der Waals surface area (Å²) in [6.45, 7) is 2.90. The highest BCUT2D eigenvalue weighted by Crippen LogP contribution is 2.19. The maximum absolute atomic E-state index is 11.4. The van der Waals surface area contributed by atoms with Crippen molar-refractivity contribution in [2.45, 2.75) is 31.1 Å². The molecule has 0 spiro atoms. The van der Waals surface area contributed by atoms with Crippen molar-refractivity contribution in [2.75, 3.05) is 0 Å². The first-order chi connectivity index (χ1) is 7.21. The van der Waals surface area contributed by atoms with Crippen molar-refractivity contribution in [2.24, 2.45) is 5.14 Å². The molecule has 0 saturated heterocycles. The zero-order valence-corrected chi connectivity index (χ0v) is 10.2. The average molecular weight is 243 g/mol. The van der Waals surface area contributed by atoms with Crippen LogP contribution in [0.25, 0.3) is 0 Å². The second-order valence-electron chi connectivity index (χ2n) is 4.42. The Balaban J connectivity index is 2.99. The second-order valence-corrected chi connectivity index (χ2v) is 6.17. The number of aliphatic hydroxyl groups is 1. The first-order valence-electron chi connectivity index (χ1n) is 4.99. The zero-order chi connectivity index (χ0) is 12.4. The normalized spacial score (nSPS) is 14.8. The van der Waals surface area contributed by atoms with Gasteiger partial charge in [-0.3, -0.25) is 0 Å². The van der Waals surface area contributed by atoms with Gasteiger partial charge >= 0.3 is 0 Å². The summed E-state index contributed by atoms with van der Waals surface area (Å²) < 4.78 is 22.8. The van der Waals surface area contributed by atoms with Gasteiger partial charge in [0.05, 0.1) is 5.60 Å². The highest BCUT2D eigenvalue weighted by molar-refractivity contribution is 7.89. The van der Waals surface area contributed by atoms with Crippen molar-refractivity contribution in [1.82, 2.24) is 0 Å². The van der Waals surface area contributed by atoms with Crippen LogP contribution in [0.3, 0.4) is 0 Å². The lowest BCUT2D eigenvalue weighted by molar-refractivity contribution is 0.0748. The molecule has 1 atom stereocenters. The second kappa shape index (κ2) is 4.53. The third-order valence-corrected chi connectivity index (χ3v) is 3.99. The highest BCUT2D eigenvalue weighted by atomic mass is 32.2. The highest BCUT2D eigenvalue weighted by Gasteiger charge is 2.35. The van der Waals surface area contributed by atoms with E-state index in [2.05, 4.69) is 0 Å². The van der Waals surface area contributed by atoms with Gasteiger partial charge in [-0.05, 0) is 25.8 Å². The Labute approximate surface area is 96.2 Å². The fourth-order valence-electron chi connectivity index (χ4n) is 1.60. The fourth-order valence-corrected chi connectivity index (χ4v) is 2.82. The SMILES string of the molecule is CC(C)(O)C(Cc1ccccc1)S(N)(=O)=O. The van der Waals surface area contributed by atoms with Gasteiger partial charge in [0.2, 0.25) is 10.0 Å². The van der Waals surface area contributed by atoms with E-state index >= 15 is 0 Å². The number of hydrogen-bond acceptors (Lipinski definition) is 3. The summed E-state index contributed by atoms with van der Waals surface area (Å²) >= 11 is 0. The summed E-state index contributed by atoms with van der Waals surface area (Å²) in [4.78, 5) is 0. The van der Waals surface area contributed by atoms with Gasteiger partial charge in [-0.25, -0.2) is 13.6 Å². The van der Waals surface area contributed by atoms with Crippen molar-refractivity contribution in [1.29, 1.82) is 0 Å². The topological polar surface area (TPSA) is 80.4 Å². The first kappa shape index (κ1) is 13.2. The molecule has 3 N–H and O–H groups in total. The number of benzene rings is 1. The molecule has 90 valence electrons. The molecule has 5 heteroatoms. The molecule has 4 nitrogen and oxygen atoms in total. The molecule has 0 aliphatic carbocycles. The minimum absolute atomic E-state index is 0.211. The summed E-state index contributed by atoms with van der Waals surface area (Å²) in [7, 11) is -3.77. The van der Waals surface area contributed by atoms with Crippen LogP contribution in [0, 0.1) is 0 Å². The lowest BCUT2D eigenvalue weighted by Crippen LogP contribution is -2.46. The van der Waals surface area contributed by atoms with Gasteiger partial charge in [0, 0.05) is 0 Å². The fraction of sp³-hybridized carbons (Fsp3) is 0.455. The average Bonchev–Trinajstić information content (AvgIpc) is 2.12. The van der Waals surface area contributed by atoms with Crippen LogP contribution in [0.1, 0.15) is 19.4 Å². The van der Waals surface area contributed by atoms with Crippen LogP contribution in [0.15, 0.2) is 30.3 Å². The Morgan fingerprint density at radius 2 is 1.81 bits per heavy atom. The zero-order valence-electron chi connectivity index (χ0n) is 9.42. The van der Waals surface area contributed by atoms with Crippen molar-refractivity contribution in [3.63, 3.8) is 0 Å². The van der Waals surface area contributed by atoms with E-state index in [0.29, 0.717) is 0 Å². The van der Waals surface area contributed by atoms with Gasteiger partial charge in [-0.15, -0.1) is 0 Å². The molecule has 0 aliphatic heterocycles. The number of nitrogens with two attached hydrogens (primary N) is 1. The predicted molar refractivity (Wildman–Crippen MR) is 63.3 cm³/mol. The minimum Gasteiger partial charge on any atom is -0.389 e. The molecule has 1 unspecified atom stereocenters. The van der Waals surface area contributed by atoms with E-state index < -0.39 is 20.9 Å². The Morgan fingerprint density at radius 1 is 1.31 bits per heavy atom. The molecule has 0 aliphatic rings. The molecular formula is C11H17NO3S. The Morgan fingerprint density at radius 3 is 2.19 bits per heavy atom. The van der Waals surface area contributed by atoms with Gasteiger partial charge in [-0.2, -0.15) is 0 Å². The van der Waals surface area contributed by atoms with E-state index in [0.717, 1.165) is 5.56 Å². The first-order valence-corrected chi connectivity index (χ1v) is 6.60. The quantitative estimate of drug-likeness (QED) is 0.815. The summed E-state index contributed by atoms with van der Waals surface area (Å²) in [5.41, 5.74) is -0.521. The largest absolute Gasteiger partial charge is 0.389 e. The minimum atomic E-state index is -3.77. The third-order valence-electron chi connectivity index (χ3n) is 2.45. The molecule has 0 radical (unpaired) electrons. The van der Waals surface area contributed by atoms with Crippen LogP contribution >= 0.6 is 0 Å². The number of rotatable bonds is 4. The van der Waals surface area contributed by atoms with E-state index in [1.807, 2.05) is 30.3 Å². The maximum atomic E-state index is 11.4. The Bertz CT molecular complexity index is 434. The van der Waals surface area contributed by atoms with Crippen LogP contribution in [0.5, 0.6) is 0 Å². The van der Waals surface area contributed by atoms with E-state index in [1.54, 1.807) is 0 Å². The molecular weight excluding hydrogens is 226 g/mol. The van der Waals surface area contributed by atoms with Gasteiger partial charge in [0.15, 0.2) is 0 Å². The summed E-state index contributed by atoms with van der Waals surface area (Å²) in [5.74, 6) is 0. The molecule has 1 rings (SSSR count). The molecule has 0 amide bonds. The molecule has 0 heterocycles. The Kier molecular flexibility index (Phi) is 3.72. The van der Waals surface area contributed by atoms with Gasteiger partial charge in [0.1, 0.15) is 5.25 Å². The smallest absolute Gasteiger partial charge is 0.215 e. The van der Waals surface area contributed by atoms with Gasteiger partial charge in [-0.1, -0.05) is 30.3 Å². The van der Waals surface area contributed by atoms with E-state index in [-0.39, 0.29) is 6.42 Å². The van der Waals surface area contributed by atoms with E-state index in [9.17, 15) is 13.5 Å². The lowest BCUT2D eigenvalue weighted by Gasteiger charge is -2.27. The standard InChI is InChI=1S/C11H17NO3S/c1-11(2,13)10(16(12,14)15)8-9-6-4-3-5-7-9/h3-7,10,13H,8H2,1-2H3,(H2,12,14,15). The predicted octanol–water partition coefficient (Wildman–Crippen LogP) is 0.657. The molecule has 16 heavy (non-hydrogen) atoms. The van der Waals surface area contributed by atoms with Gasteiger partial charge in [0.25, 0.3) is 0 Å². The summed E-state index contributed by atoms with van der Waals surface area (Å²) in [6, 6.07) is 9.10. The van der Waals surface area contributed by atoms with E-state index in [4.69, 9.17) is 5.14 Å². The van der Waals surface area contributed by atoms with E-state index in [1.165, 1.54) is 13.8 Å². The lowest BCUT2D eigenvalue weighted by atomic mass is 9.98. The van der Waals surface area contributed by atoms with Gasteiger partial charge < -0.3 is 5.11 Å². The van der Waals surface area contributed by atoms with Crippen molar-refractivity contribution in [3.8, 4) is 0 Å². The van der Waals surface area contributed by atoms with Crippen LogP contribution < -0.4 is 5.14 Å². The maximum Gasteiger partial charge on any atom is 0.215 e. The monoisotopic (exact) mass is 243 g/mol. The van der Waals surface area contributed by atoms with Crippen LogP contribution in [-0.2, 0) is 16.4 Å². The van der Waals surface area contributed by atoms with Crippen LogP contribution in [0.2, 0.25) is 0 Å². The molecule has 1 aromatic rings. The molecule has 0 bridgehead atoms. The number of primary sulfonamides is 1. The van der Waals surface area contributed by atoms with Crippen molar-refractivity contribution in [3.05, 3.63) is 35.9 Å². The van der Waals surface area contributed by atoms with Crippen LogP contribution in [0.4, 0.5) is 0 Å². The Hall–Kier alpha value is -0.910. The third kappa shape index (κ3) is 3.59. The van der Waals surface area contributed by atoms with Crippen LogP contribution in [-0.4, -0.2) is 24.4 Å². The number of hydrogen-bond donors (Lipinski definition) is 2. The summed E-state index contributed by atoms with van der Waals surface area (Å²) in [6.07, 6.45) is 0.211. The summed E-state index contributed by atoms with van der Waals surface area (Å²) in [5, 5.41) is 13.9. The number of sulfonamides is 1. The van der Waals surface area contributed by atoms with Crippen molar-refractivity contribution < 1.29 is 13.5 Å². The van der Waals surface area contributed by atoms with Crippen molar-refractivity contribution >= 4 is 10.0 Å². The molecule has 0 aromatic heterocycles. The molecule has 1 aromatic carbocycles. The molecule has 0 fully saturated rings.